The van der Waals surface area contributed by atoms with Gasteiger partial charge in [-0.05, 0) is 47.1 Å². The van der Waals surface area contributed by atoms with Crippen LogP contribution in [0.15, 0.2) is 16.6 Å². The third kappa shape index (κ3) is 3.77. The van der Waals surface area contributed by atoms with Crippen LogP contribution < -0.4 is 9.16 Å². The van der Waals surface area contributed by atoms with Gasteiger partial charge in [0.2, 0.25) is 0 Å². The van der Waals surface area contributed by atoms with E-state index in [1.54, 1.807) is 12.1 Å². The molecule has 0 aromatic heterocycles. The molecular weight excluding hydrogens is 334 g/mol. The maximum Gasteiger partial charge on any atom is 0.250 e. The Kier molecular flexibility index (Phi) is 5.28. The van der Waals surface area contributed by atoms with E-state index in [2.05, 4.69) is 55.9 Å². The Morgan fingerprint density at radius 2 is 1.90 bits per heavy atom. The fourth-order valence-electron chi connectivity index (χ4n) is 1.40. The highest BCUT2D eigenvalue weighted by Gasteiger charge is 2.40. The van der Waals surface area contributed by atoms with Gasteiger partial charge in [-0.15, -0.1) is 0 Å². The quantitative estimate of drug-likeness (QED) is 0.705. The summed E-state index contributed by atoms with van der Waals surface area (Å²) < 4.78 is 12.7. The van der Waals surface area contributed by atoms with E-state index in [4.69, 9.17) is 14.4 Å². The maximum atomic E-state index is 9.05. The zero-order chi connectivity index (χ0) is 15.6. The molecule has 0 N–H and O–H groups in total. The van der Waals surface area contributed by atoms with E-state index in [0.717, 1.165) is 4.47 Å². The predicted molar refractivity (Wildman–Crippen MR) is 87.9 cm³/mol. The lowest BCUT2D eigenvalue weighted by molar-refractivity contribution is 0.324. The molecule has 0 saturated carbocycles. The third-order valence-corrected chi connectivity index (χ3v) is 8.52. The highest BCUT2D eigenvalue weighted by atomic mass is 79.9. The number of benzene rings is 1. The molecule has 1 rings (SSSR count). The Hall–Kier alpha value is -0.993. The van der Waals surface area contributed by atoms with Crippen molar-refractivity contribution in [2.24, 2.45) is 0 Å². The largest absolute Gasteiger partial charge is 0.540 e. The van der Waals surface area contributed by atoms with Crippen LogP contribution in [0.1, 0.15) is 33.3 Å². The van der Waals surface area contributed by atoms with Crippen LogP contribution in [-0.4, -0.2) is 14.9 Å². The minimum Gasteiger partial charge on any atom is -0.540 e. The summed E-state index contributed by atoms with van der Waals surface area (Å²) in [7, 11) is -1.96. The summed E-state index contributed by atoms with van der Waals surface area (Å²) in [5, 5.41) is 9.15. The lowest BCUT2D eigenvalue weighted by atomic mass is 10.2. The number of hydrogen-bond acceptors (Lipinski definition) is 3. The van der Waals surface area contributed by atoms with Gasteiger partial charge in [-0.25, -0.2) is 0 Å². The summed E-state index contributed by atoms with van der Waals surface area (Å²) >= 11 is 3.49. The lowest BCUT2D eigenvalue weighted by Gasteiger charge is -2.37. The molecule has 1 aromatic carbocycles. The molecular formula is C15H22BrNO2Si. The van der Waals surface area contributed by atoms with Crippen LogP contribution in [0.2, 0.25) is 18.1 Å². The van der Waals surface area contributed by atoms with E-state index in [0.29, 0.717) is 23.7 Å². The first-order valence-electron chi connectivity index (χ1n) is 6.68. The highest BCUT2D eigenvalue weighted by molar-refractivity contribution is 9.10. The van der Waals surface area contributed by atoms with Crippen LogP contribution in [0.3, 0.4) is 0 Å². The van der Waals surface area contributed by atoms with Gasteiger partial charge in [0.25, 0.3) is 8.32 Å². The van der Waals surface area contributed by atoms with Crippen molar-refractivity contribution in [3.8, 4) is 17.6 Å². The van der Waals surface area contributed by atoms with Crippen molar-refractivity contribution >= 4 is 24.2 Å². The molecule has 0 amide bonds. The fraction of sp³-hybridized carbons (Fsp3) is 0.533. The van der Waals surface area contributed by atoms with Gasteiger partial charge < -0.3 is 9.16 Å². The smallest absolute Gasteiger partial charge is 0.250 e. The van der Waals surface area contributed by atoms with Crippen molar-refractivity contribution in [3.63, 3.8) is 0 Å². The molecule has 0 saturated heterocycles. The number of nitriles is 1. The van der Waals surface area contributed by atoms with Crippen LogP contribution in [0, 0.1) is 11.3 Å². The zero-order valence-electron chi connectivity index (χ0n) is 13.0. The van der Waals surface area contributed by atoms with Crippen molar-refractivity contribution in [1.82, 2.24) is 0 Å². The van der Waals surface area contributed by atoms with Crippen LogP contribution in [0.5, 0.6) is 11.5 Å². The van der Waals surface area contributed by atoms with Gasteiger partial charge in [0, 0.05) is 6.07 Å². The molecule has 0 aliphatic rings. The number of ether oxygens (including phenoxy) is 1. The molecule has 0 fully saturated rings. The second kappa shape index (κ2) is 6.19. The molecule has 110 valence electrons. The first-order valence-corrected chi connectivity index (χ1v) is 10.4. The first-order chi connectivity index (χ1) is 9.12. The van der Waals surface area contributed by atoms with Gasteiger partial charge in [0.1, 0.15) is 0 Å². The summed E-state index contributed by atoms with van der Waals surface area (Å²) in [4.78, 5) is 0. The first kappa shape index (κ1) is 17.1. The van der Waals surface area contributed by atoms with E-state index in [-0.39, 0.29) is 5.04 Å². The Balaban J connectivity index is 3.27. The number of hydrogen-bond donors (Lipinski definition) is 0. The van der Waals surface area contributed by atoms with Crippen molar-refractivity contribution in [1.29, 1.82) is 5.26 Å². The standard InChI is InChI=1S/C15H22BrNO2Si/c1-7-18-13-9-11(10-17)8-12(16)14(13)19-20(5,6)15(2,3)4/h8-9H,7H2,1-6H3. The monoisotopic (exact) mass is 355 g/mol. The Bertz CT molecular complexity index is 530. The van der Waals surface area contributed by atoms with Crippen LogP contribution >= 0.6 is 15.9 Å². The van der Waals surface area contributed by atoms with E-state index < -0.39 is 8.32 Å². The molecule has 0 unspecified atom stereocenters. The zero-order valence-corrected chi connectivity index (χ0v) is 15.6. The molecule has 0 spiro atoms. The van der Waals surface area contributed by atoms with Crippen LogP contribution in [-0.2, 0) is 0 Å². The molecule has 0 bridgehead atoms. The maximum absolute atomic E-state index is 9.05. The SMILES string of the molecule is CCOc1cc(C#N)cc(Br)c1O[Si](C)(C)C(C)(C)C. The van der Waals surface area contributed by atoms with Gasteiger partial charge in [-0.3, -0.25) is 0 Å². The molecule has 20 heavy (non-hydrogen) atoms. The Morgan fingerprint density at radius 1 is 1.30 bits per heavy atom. The van der Waals surface area contributed by atoms with E-state index in [1.165, 1.54) is 0 Å². The van der Waals surface area contributed by atoms with Crippen molar-refractivity contribution < 1.29 is 9.16 Å². The number of rotatable bonds is 4. The molecule has 1 aromatic rings. The minimum absolute atomic E-state index is 0.101. The normalized spacial score (nSPS) is 11.9. The van der Waals surface area contributed by atoms with Crippen LogP contribution in [0.25, 0.3) is 0 Å². The molecule has 3 nitrogen and oxygen atoms in total. The summed E-state index contributed by atoms with van der Waals surface area (Å²) in [5.74, 6) is 1.33. The summed E-state index contributed by atoms with van der Waals surface area (Å²) in [5.41, 5.74) is 0.558. The average Bonchev–Trinajstić information content (AvgIpc) is 2.32. The van der Waals surface area contributed by atoms with E-state index in [9.17, 15) is 0 Å². The van der Waals surface area contributed by atoms with Crippen molar-refractivity contribution in [3.05, 3.63) is 22.2 Å². The highest BCUT2D eigenvalue weighted by Crippen LogP contribution is 2.43. The Morgan fingerprint density at radius 3 is 2.35 bits per heavy atom. The second-order valence-corrected chi connectivity index (χ2v) is 11.8. The summed E-state index contributed by atoms with van der Waals surface area (Å²) in [6, 6.07) is 5.63. The molecule has 0 aliphatic heterocycles. The van der Waals surface area contributed by atoms with Gasteiger partial charge in [0.05, 0.1) is 22.7 Å². The van der Waals surface area contributed by atoms with Gasteiger partial charge >= 0.3 is 0 Å². The molecule has 0 radical (unpaired) electrons. The summed E-state index contributed by atoms with van der Waals surface area (Å²) in [6.45, 7) is 13.4. The molecule has 0 aliphatic carbocycles. The van der Waals surface area contributed by atoms with Crippen LogP contribution in [0.4, 0.5) is 0 Å². The average molecular weight is 356 g/mol. The van der Waals surface area contributed by atoms with E-state index >= 15 is 0 Å². The minimum atomic E-state index is -1.96. The van der Waals surface area contributed by atoms with E-state index in [1.807, 2.05) is 6.92 Å². The fourth-order valence-corrected chi connectivity index (χ4v) is 3.10. The third-order valence-electron chi connectivity index (χ3n) is 3.60. The predicted octanol–water partition coefficient (Wildman–Crippen LogP) is 5.10. The van der Waals surface area contributed by atoms with Crippen molar-refractivity contribution in [2.45, 2.75) is 45.8 Å². The van der Waals surface area contributed by atoms with Gasteiger partial charge in [-0.2, -0.15) is 5.26 Å². The molecule has 0 heterocycles. The lowest BCUT2D eigenvalue weighted by Crippen LogP contribution is -2.44. The molecule has 5 heteroatoms. The number of halogens is 1. The molecule has 0 atom stereocenters. The Labute approximate surface area is 131 Å². The summed E-state index contributed by atoms with van der Waals surface area (Å²) in [6.07, 6.45) is 0. The van der Waals surface area contributed by atoms with Gasteiger partial charge in [-0.1, -0.05) is 20.8 Å². The number of nitrogens with zero attached hydrogens (tertiary/aromatic N) is 1. The van der Waals surface area contributed by atoms with Gasteiger partial charge in [0.15, 0.2) is 11.5 Å². The van der Waals surface area contributed by atoms with Crippen molar-refractivity contribution in [2.75, 3.05) is 6.61 Å². The second-order valence-electron chi connectivity index (χ2n) is 6.19. The topological polar surface area (TPSA) is 42.2 Å².